The summed E-state index contributed by atoms with van der Waals surface area (Å²) in [5, 5.41) is 9.33. The number of hydrogen-bond acceptors (Lipinski definition) is 4. The predicted molar refractivity (Wildman–Crippen MR) is 61.8 cm³/mol. The molecular weight excluding hydrogens is 268 g/mol. The van der Waals surface area contributed by atoms with Crippen LogP contribution in [0.3, 0.4) is 0 Å². The van der Waals surface area contributed by atoms with Crippen molar-refractivity contribution in [3.05, 3.63) is 29.3 Å². The number of primary amides is 1. The van der Waals surface area contributed by atoms with Gasteiger partial charge in [-0.2, -0.15) is 0 Å². The van der Waals surface area contributed by atoms with Crippen molar-refractivity contribution in [1.82, 2.24) is 4.72 Å². The highest BCUT2D eigenvalue weighted by Gasteiger charge is 2.18. The van der Waals surface area contributed by atoms with Crippen molar-refractivity contribution in [3.63, 3.8) is 0 Å². The lowest BCUT2D eigenvalue weighted by molar-refractivity contribution is -0.125. The van der Waals surface area contributed by atoms with Crippen molar-refractivity contribution in [2.75, 3.05) is 6.54 Å². The number of hydrogen-bond donors (Lipinski definition) is 3. The molecule has 0 aliphatic rings. The predicted octanol–water partition coefficient (Wildman–Crippen LogP) is -0.536. The van der Waals surface area contributed by atoms with Crippen LogP contribution < -0.4 is 10.5 Å². The van der Waals surface area contributed by atoms with Crippen LogP contribution in [-0.2, 0) is 14.8 Å². The number of benzene rings is 1. The quantitative estimate of drug-likeness (QED) is 0.672. The van der Waals surface area contributed by atoms with Crippen molar-refractivity contribution in [3.8, 4) is 0 Å². The molecule has 0 radical (unpaired) electrons. The molecule has 1 aromatic carbocycles. The molecule has 0 saturated carbocycles. The van der Waals surface area contributed by atoms with Gasteiger partial charge in [0.1, 0.15) is 6.10 Å². The number of carbonyl (C=O) groups excluding carboxylic acids is 1. The third-order valence-corrected chi connectivity index (χ3v) is 3.56. The summed E-state index contributed by atoms with van der Waals surface area (Å²) in [6.45, 7) is -0.482. The Labute approximate surface area is 103 Å². The Hall–Kier alpha value is -1.15. The normalized spacial score (nSPS) is 13.3. The SMILES string of the molecule is NC(=O)C(O)CNS(=O)(=O)c1cccc(Cl)c1. The number of amides is 1. The molecule has 1 aromatic rings. The van der Waals surface area contributed by atoms with Crippen LogP contribution in [0.5, 0.6) is 0 Å². The highest BCUT2D eigenvalue weighted by atomic mass is 35.5. The van der Waals surface area contributed by atoms with Gasteiger partial charge in [-0.25, -0.2) is 13.1 Å². The molecule has 1 unspecified atom stereocenters. The first-order valence-corrected chi connectivity index (χ1v) is 6.41. The summed E-state index contributed by atoms with van der Waals surface area (Å²) in [4.78, 5) is 10.5. The Morgan fingerprint density at radius 2 is 2.18 bits per heavy atom. The first-order valence-electron chi connectivity index (χ1n) is 4.55. The van der Waals surface area contributed by atoms with E-state index in [2.05, 4.69) is 0 Å². The molecule has 0 aliphatic heterocycles. The van der Waals surface area contributed by atoms with Gasteiger partial charge in [0.05, 0.1) is 4.90 Å². The van der Waals surface area contributed by atoms with Gasteiger partial charge >= 0.3 is 0 Å². The molecule has 0 bridgehead atoms. The van der Waals surface area contributed by atoms with Crippen LogP contribution in [0.15, 0.2) is 29.2 Å². The molecule has 4 N–H and O–H groups in total. The Bertz CT molecular complexity index is 517. The molecule has 1 atom stereocenters. The Morgan fingerprint density at radius 3 is 2.71 bits per heavy atom. The lowest BCUT2D eigenvalue weighted by Gasteiger charge is -2.09. The number of halogens is 1. The molecule has 1 amide bonds. The fourth-order valence-electron chi connectivity index (χ4n) is 1.01. The summed E-state index contributed by atoms with van der Waals surface area (Å²) >= 11 is 5.65. The van der Waals surface area contributed by atoms with Crippen LogP contribution in [0, 0.1) is 0 Å². The second-order valence-corrected chi connectivity index (χ2v) is 5.43. The smallest absolute Gasteiger partial charge is 0.247 e. The standard InChI is InChI=1S/C9H11ClN2O4S/c10-6-2-1-3-7(4-6)17(15,16)12-5-8(13)9(11)14/h1-4,8,12-13H,5H2,(H2,11,14). The first kappa shape index (κ1) is 13.9. The second kappa shape index (κ2) is 5.46. The molecule has 0 aromatic heterocycles. The largest absolute Gasteiger partial charge is 0.382 e. The van der Waals surface area contributed by atoms with Crippen LogP contribution in [-0.4, -0.2) is 32.1 Å². The fraction of sp³-hybridized carbons (Fsp3) is 0.222. The minimum atomic E-state index is -3.81. The Balaban J connectivity index is 2.79. The molecule has 0 spiro atoms. The number of aliphatic hydroxyl groups excluding tert-OH is 1. The summed E-state index contributed by atoms with van der Waals surface area (Å²) in [6, 6.07) is 5.59. The lowest BCUT2D eigenvalue weighted by atomic mass is 10.3. The molecule has 8 heteroatoms. The van der Waals surface area contributed by atoms with Gasteiger partial charge in [0, 0.05) is 11.6 Å². The second-order valence-electron chi connectivity index (χ2n) is 3.23. The maximum Gasteiger partial charge on any atom is 0.247 e. The van der Waals surface area contributed by atoms with Crippen molar-refractivity contribution < 1.29 is 18.3 Å². The van der Waals surface area contributed by atoms with Crippen LogP contribution in [0.1, 0.15) is 0 Å². The molecule has 0 aliphatic carbocycles. The van der Waals surface area contributed by atoms with E-state index >= 15 is 0 Å². The topological polar surface area (TPSA) is 109 Å². The van der Waals surface area contributed by atoms with Gasteiger partial charge in [-0.3, -0.25) is 4.79 Å². The van der Waals surface area contributed by atoms with Crippen LogP contribution in [0.2, 0.25) is 5.02 Å². The molecule has 1 rings (SSSR count). The highest BCUT2D eigenvalue weighted by molar-refractivity contribution is 7.89. The van der Waals surface area contributed by atoms with E-state index in [0.29, 0.717) is 0 Å². The number of rotatable bonds is 5. The average molecular weight is 279 g/mol. The van der Waals surface area contributed by atoms with Gasteiger partial charge in [0.25, 0.3) is 0 Å². The summed E-state index contributed by atoms with van der Waals surface area (Å²) < 4.78 is 25.4. The molecule has 17 heavy (non-hydrogen) atoms. The molecular formula is C9H11ClN2O4S. The van der Waals surface area contributed by atoms with Gasteiger partial charge in [-0.15, -0.1) is 0 Å². The fourth-order valence-corrected chi connectivity index (χ4v) is 2.35. The van der Waals surface area contributed by atoms with E-state index in [0.717, 1.165) is 0 Å². The van der Waals surface area contributed by atoms with Crippen molar-refractivity contribution in [2.24, 2.45) is 5.73 Å². The van der Waals surface area contributed by atoms with Crippen LogP contribution in [0.25, 0.3) is 0 Å². The van der Waals surface area contributed by atoms with E-state index in [9.17, 15) is 13.2 Å². The van der Waals surface area contributed by atoms with E-state index in [-0.39, 0.29) is 9.92 Å². The zero-order chi connectivity index (χ0) is 13.1. The lowest BCUT2D eigenvalue weighted by Crippen LogP contribution is -2.39. The molecule has 0 heterocycles. The van der Waals surface area contributed by atoms with Gasteiger partial charge in [0.2, 0.25) is 15.9 Å². The van der Waals surface area contributed by atoms with E-state index < -0.39 is 28.6 Å². The van der Waals surface area contributed by atoms with E-state index in [4.69, 9.17) is 22.4 Å². The van der Waals surface area contributed by atoms with Crippen molar-refractivity contribution in [1.29, 1.82) is 0 Å². The van der Waals surface area contributed by atoms with E-state index in [1.54, 1.807) is 0 Å². The number of nitrogens with two attached hydrogens (primary N) is 1. The van der Waals surface area contributed by atoms with Crippen LogP contribution >= 0.6 is 11.6 Å². The summed E-state index contributed by atoms with van der Waals surface area (Å²) in [7, 11) is -3.81. The zero-order valence-corrected chi connectivity index (χ0v) is 10.2. The third kappa shape index (κ3) is 3.97. The van der Waals surface area contributed by atoms with Gasteiger partial charge < -0.3 is 10.8 Å². The summed E-state index contributed by atoms with van der Waals surface area (Å²) in [6.07, 6.45) is -1.57. The van der Waals surface area contributed by atoms with E-state index in [1.165, 1.54) is 24.3 Å². The monoisotopic (exact) mass is 278 g/mol. The maximum atomic E-state index is 11.7. The van der Waals surface area contributed by atoms with Crippen molar-refractivity contribution in [2.45, 2.75) is 11.0 Å². The first-order chi connectivity index (χ1) is 7.83. The third-order valence-electron chi connectivity index (χ3n) is 1.90. The number of aliphatic hydroxyl groups is 1. The average Bonchev–Trinajstić information content (AvgIpc) is 2.26. The highest BCUT2D eigenvalue weighted by Crippen LogP contribution is 2.14. The number of sulfonamides is 1. The van der Waals surface area contributed by atoms with Gasteiger partial charge in [0.15, 0.2) is 0 Å². The molecule has 0 fully saturated rings. The Morgan fingerprint density at radius 1 is 1.53 bits per heavy atom. The Kier molecular flexibility index (Phi) is 4.47. The van der Waals surface area contributed by atoms with Crippen LogP contribution in [0.4, 0.5) is 0 Å². The van der Waals surface area contributed by atoms with Crippen molar-refractivity contribution >= 4 is 27.5 Å². The minimum Gasteiger partial charge on any atom is -0.382 e. The molecule has 6 nitrogen and oxygen atoms in total. The summed E-state index contributed by atoms with van der Waals surface area (Å²) in [5.74, 6) is -1.00. The number of nitrogens with one attached hydrogen (secondary N) is 1. The van der Waals surface area contributed by atoms with E-state index in [1.807, 2.05) is 4.72 Å². The maximum absolute atomic E-state index is 11.7. The van der Waals surface area contributed by atoms with Gasteiger partial charge in [-0.05, 0) is 18.2 Å². The number of carbonyl (C=O) groups is 1. The summed E-state index contributed by atoms with van der Waals surface area (Å²) in [5.41, 5.74) is 4.78. The minimum absolute atomic E-state index is 0.0540. The molecule has 94 valence electrons. The zero-order valence-electron chi connectivity index (χ0n) is 8.63. The van der Waals surface area contributed by atoms with Gasteiger partial charge in [-0.1, -0.05) is 17.7 Å². The molecule has 0 saturated heterocycles.